The lowest BCUT2D eigenvalue weighted by Gasteiger charge is -2.28. The zero-order valence-electron chi connectivity index (χ0n) is 15.1. The molecule has 1 aromatic carbocycles. The predicted octanol–water partition coefficient (Wildman–Crippen LogP) is 2.64. The maximum absolute atomic E-state index is 15.2. The molecule has 0 saturated carbocycles. The highest BCUT2D eigenvalue weighted by Gasteiger charge is 2.39. The summed E-state index contributed by atoms with van der Waals surface area (Å²) in [6.45, 7) is 3.83. The molecule has 0 aromatic heterocycles. The van der Waals surface area contributed by atoms with Crippen molar-refractivity contribution in [3.8, 4) is 5.75 Å². The molecule has 1 aliphatic carbocycles. The normalized spacial score (nSPS) is 21.8. The summed E-state index contributed by atoms with van der Waals surface area (Å²) in [5.41, 5.74) is 0.762. The van der Waals surface area contributed by atoms with Crippen LogP contribution >= 0.6 is 0 Å². The molecule has 6 nitrogen and oxygen atoms in total. The average molecular weight is 384 g/mol. The Kier molecular flexibility index (Phi) is 5.14. The van der Waals surface area contributed by atoms with Crippen molar-refractivity contribution >= 4 is 21.8 Å². The minimum atomic E-state index is -4.16. The number of benzene rings is 1. The van der Waals surface area contributed by atoms with Crippen LogP contribution in [0.5, 0.6) is 5.75 Å². The molecular formula is C18H25FN2O4S. The van der Waals surface area contributed by atoms with Crippen LogP contribution in [0.3, 0.4) is 0 Å². The number of nitrogens with zero attached hydrogens (tertiary/aromatic N) is 1. The summed E-state index contributed by atoms with van der Waals surface area (Å²) in [6, 6.07) is 1.44. The molecule has 1 atom stereocenters. The van der Waals surface area contributed by atoms with Crippen molar-refractivity contribution in [3.05, 3.63) is 23.0 Å². The molecule has 0 bridgehead atoms. The molecule has 2 aliphatic rings. The van der Waals surface area contributed by atoms with Gasteiger partial charge in [0.1, 0.15) is 18.0 Å². The Hall–Kier alpha value is -1.83. The van der Waals surface area contributed by atoms with Gasteiger partial charge in [-0.3, -0.25) is 4.79 Å². The second-order valence-electron chi connectivity index (χ2n) is 7.67. The van der Waals surface area contributed by atoms with Crippen molar-refractivity contribution in [1.29, 1.82) is 0 Å². The van der Waals surface area contributed by atoms with Gasteiger partial charge in [0.2, 0.25) is 0 Å². The summed E-state index contributed by atoms with van der Waals surface area (Å²) in [5.74, 6) is -0.930. The van der Waals surface area contributed by atoms with Gasteiger partial charge in [-0.05, 0) is 48.3 Å². The first-order valence-corrected chi connectivity index (χ1v) is 10.5. The van der Waals surface area contributed by atoms with Crippen molar-refractivity contribution in [3.63, 3.8) is 0 Å². The third-order valence-electron chi connectivity index (χ3n) is 5.19. The van der Waals surface area contributed by atoms with Crippen LogP contribution in [0.2, 0.25) is 0 Å². The Bertz CT molecular complexity index is 823. The van der Waals surface area contributed by atoms with Crippen molar-refractivity contribution in [2.24, 2.45) is 11.8 Å². The predicted molar refractivity (Wildman–Crippen MR) is 96.7 cm³/mol. The van der Waals surface area contributed by atoms with Gasteiger partial charge < -0.3 is 5.11 Å². The van der Waals surface area contributed by atoms with Gasteiger partial charge in [-0.1, -0.05) is 33.1 Å². The Balaban J connectivity index is 1.88. The Labute approximate surface area is 153 Å². The quantitative estimate of drug-likeness (QED) is 0.817. The van der Waals surface area contributed by atoms with E-state index in [9.17, 15) is 18.3 Å². The topological polar surface area (TPSA) is 86.7 Å². The van der Waals surface area contributed by atoms with E-state index in [0.29, 0.717) is 34.5 Å². The van der Waals surface area contributed by atoms with E-state index in [1.54, 1.807) is 4.72 Å². The number of phenols is 1. The molecule has 0 spiro atoms. The fourth-order valence-electron chi connectivity index (χ4n) is 3.86. The number of halogens is 1. The molecule has 2 N–H and O–H groups in total. The third-order valence-corrected chi connectivity index (χ3v) is 6.57. The van der Waals surface area contributed by atoms with Crippen LogP contribution in [-0.2, 0) is 27.8 Å². The number of hydrogen-bond acceptors (Lipinski definition) is 4. The number of carbonyl (C=O) groups is 1. The molecule has 1 heterocycles. The molecular weight excluding hydrogens is 359 g/mol. The van der Waals surface area contributed by atoms with E-state index < -0.39 is 39.9 Å². The van der Waals surface area contributed by atoms with E-state index in [4.69, 9.17) is 0 Å². The lowest BCUT2D eigenvalue weighted by atomic mass is 9.80. The van der Waals surface area contributed by atoms with Crippen molar-refractivity contribution < 1.29 is 22.7 Å². The first kappa shape index (κ1) is 18.9. The fraction of sp³-hybridized carbons (Fsp3) is 0.611. The number of phenolic OH excluding ortho intramolecular Hbond substituents is 1. The second kappa shape index (κ2) is 7.06. The number of aromatic hydroxyl groups is 1. The zero-order chi connectivity index (χ0) is 19.1. The van der Waals surface area contributed by atoms with Crippen LogP contribution in [0.1, 0.15) is 50.7 Å². The van der Waals surface area contributed by atoms with E-state index in [-0.39, 0.29) is 0 Å². The number of nitrogens with one attached hydrogen (secondary N) is 1. The molecule has 1 amide bonds. The van der Waals surface area contributed by atoms with Crippen LogP contribution in [0.4, 0.5) is 10.1 Å². The van der Waals surface area contributed by atoms with Crippen molar-refractivity contribution in [2.75, 3.05) is 10.8 Å². The first-order chi connectivity index (χ1) is 12.2. The smallest absolute Gasteiger partial charge is 0.326 e. The molecule has 1 fully saturated rings. The summed E-state index contributed by atoms with van der Waals surface area (Å²) in [4.78, 5) is 11.4. The van der Waals surface area contributed by atoms with Gasteiger partial charge in [0, 0.05) is 0 Å². The molecule has 1 aromatic rings. The molecule has 8 heteroatoms. The SMILES string of the molecule is CC(C)CCCC1CCc2cc(O)c(N3CC(=O)NS3(=O)=O)c(F)c2C1. The third kappa shape index (κ3) is 3.65. The maximum Gasteiger partial charge on any atom is 0.326 e. The Morgan fingerprint density at radius 2 is 2.15 bits per heavy atom. The number of anilines is 1. The number of hydrogen-bond donors (Lipinski definition) is 2. The number of carbonyl (C=O) groups excluding carboxylic acids is 1. The number of aryl methyl sites for hydroxylation is 1. The van der Waals surface area contributed by atoms with E-state index in [0.717, 1.165) is 31.2 Å². The molecule has 144 valence electrons. The van der Waals surface area contributed by atoms with Gasteiger partial charge in [0.15, 0.2) is 5.82 Å². The Morgan fingerprint density at radius 3 is 2.77 bits per heavy atom. The molecule has 3 rings (SSSR count). The molecule has 26 heavy (non-hydrogen) atoms. The Morgan fingerprint density at radius 1 is 1.42 bits per heavy atom. The van der Waals surface area contributed by atoms with Crippen molar-refractivity contribution in [2.45, 2.75) is 52.4 Å². The van der Waals surface area contributed by atoms with E-state index in [2.05, 4.69) is 13.8 Å². The monoisotopic (exact) mass is 384 g/mol. The van der Waals surface area contributed by atoms with Gasteiger partial charge in [-0.2, -0.15) is 8.42 Å². The van der Waals surface area contributed by atoms with Crippen LogP contribution in [-0.4, -0.2) is 26.0 Å². The second-order valence-corrected chi connectivity index (χ2v) is 9.26. The van der Waals surface area contributed by atoms with E-state index in [1.807, 2.05) is 0 Å². The van der Waals surface area contributed by atoms with Crippen LogP contribution in [0, 0.1) is 17.7 Å². The lowest BCUT2D eigenvalue weighted by molar-refractivity contribution is -0.117. The average Bonchev–Trinajstić information content (AvgIpc) is 2.80. The zero-order valence-corrected chi connectivity index (χ0v) is 15.9. The van der Waals surface area contributed by atoms with Gasteiger partial charge in [0.05, 0.1) is 0 Å². The van der Waals surface area contributed by atoms with Gasteiger partial charge in [-0.25, -0.2) is 13.4 Å². The summed E-state index contributed by atoms with van der Waals surface area (Å²) in [5, 5.41) is 10.2. The summed E-state index contributed by atoms with van der Waals surface area (Å²) in [6.07, 6.45) is 5.36. The van der Waals surface area contributed by atoms with Crippen LogP contribution in [0.15, 0.2) is 6.07 Å². The van der Waals surface area contributed by atoms with Crippen LogP contribution in [0.25, 0.3) is 0 Å². The number of fused-ring (bicyclic) bond motifs is 1. The van der Waals surface area contributed by atoms with E-state index in [1.165, 1.54) is 6.07 Å². The fourth-order valence-corrected chi connectivity index (χ4v) is 5.02. The van der Waals surface area contributed by atoms with Gasteiger partial charge in [0.25, 0.3) is 5.91 Å². The molecule has 0 radical (unpaired) electrons. The summed E-state index contributed by atoms with van der Waals surface area (Å²) >= 11 is 0. The molecule has 1 saturated heterocycles. The van der Waals surface area contributed by atoms with Crippen LogP contribution < -0.4 is 9.03 Å². The van der Waals surface area contributed by atoms with Crippen molar-refractivity contribution in [1.82, 2.24) is 4.72 Å². The van der Waals surface area contributed by atoms with Gasteiger partial charge in [-0.15, -0.1) is 0 Å². The highest BCUT2D eigenvalue weighted by Crippen LogP contribution is 2.41. The molecule has 1 unspecified atom stereocenters. The number of amides is 1. The largest absolute Gasteiger partial charge is 0.506 e. The minimum absolute atomic E-state index is 0.350. The van der Waals surface area contributed by atoms with E-state index >= 15 is 4.39 Å². The summed E-state index contributed by atoms with van der Waals surface area (Å²) in [7, 11) is -4.16. The number of rotatable bonds is 5. The first-order valence-electron chi connectivity index (χ1n) is 9.05. The maximum atomic E-state index is 15.2. The standard InChI is InChI=1S/C18H25FN2O4S/c1-11(2)4-3-5-12-6-7-13-9-15(22)18(17(19)14(13)8-12)21-10-16(23)20-26(21,24)25/h9,11-12,22H,3-8,10H2,1-2H3,(H,20,23). The minimum Gasteiger partial charge on any atom is -0.506 e. The van der Waals surface area contributed by atoms with Gasteiger partial charge >= 0.3 is 10.2 Å². The summed E-state index contributed by atoms with van der Waals surface area (Å²) < 4.78 is 41.6. The highest BCUT2D eigenvalue weighted by atomic mass is 32.2. The molecule has 1 aliphatic heterocycles. The lowest BCUT2D eigenvalue weighted by Crippen LogP contribution is -2.31. The highest BCUT2D eigenvalue weighted by molar-refractivity contribution is 7.92.